The maximum atomic E-state index is 12.4. The monoisotopic (exact) mass is 335 g/mol. The number of nitrogens with zero attached hydrogens (tertiary/aromatic N) is 5. The van der Waals surface area contributed by atoms with E-state index in [0.717, 1.165) is 32.1 Å². The predicted molar refractivity (Wildman–Crippen MR) is 88.5 cm³/mol. The van der Waals surface area contributed by atoms with Crippen molar-refractivity contribution < 1.29 is 15.0 Å². The number of anilines is 1. The zero-order valence-electron chi connectivity index (χ0n) is 14.0. The fourth-order valence-corrected chi connectivity index (χ4v) is 3.10. The van der Waals surface area contributed by atoms with Gasteiger partial charge in [-0.15, -0.1) is 0 Å². The van der Waals surface area contributed by atoms with E-state index in [9.17, 15) is 15.0 Å². The summed E-state index contributed by atoms with van der Waals surface area (Å²) >= 11 is 0. The Hall–Kier alpha value is -1.77. The van der Waals surface area contributed by atoms with Crippen LogP contribution in [0.25, 0.3) is 0 Å². The average Bonchev–Trinajstić information content (AvgIpc) is 2.59. The van der Waals surface area contributed by atoms with Crippen molar-refractivity contribution in [3.05, 3.63) is 18.5 Å². The lowest BCUT2D eigenvalue weighted by Gasteiger charge is -2.41. The highest BCUT2D eigenvalue weighted by molar-refractivity contribution is 5.78. The first-order valence-electron chi connectivity index (χ1n) is 8.38. The number of carbonyl (C=O) groups is 1. The highest BCUT2D eigenvalue weighted by Crippen LogP contribution is 2.22. The number of likely N-dealkylation sites (tertiary alicyclic amines) is 1. The number of hydrogen-bond acceptors (Lipinski definition) is 7. The smallest absolute Gasteiger partial charge is 0.236 e. The Morgan fingerprint density at radius 2 is 1.92 bits per heavy atom. The lowest BCUT2D eigenvalue weighted by Crippen LogP contribution is -2.57. The molecule has 0 aromatic carbocycles. The molecule has 1 amide bonds. The molecule has 0 radical (unpaired) electrons. The lowest BCUT2D eigenvalue weighted by atomic mass is 9.91. The Bertz CT molecular complexity index is 560. The Morgan fingerprint density at radius 3 is 2.54 bits per heavy atom. The third kappa shape index (κ3) is 3.82. The van der Waals surface area contributed by atoms with Crippen LogP contribution in [0.5, 0.6) is 0 Å². The van der Waals surface area contributed by atoms with Crippen LogP contribution < -0.4 is 4.90 Å². The van der Waals surface area contributed by atoms with Crippen molar-refractivity contribution in [2.45, 2.75) is 25.0 Å². The minimum Gasteiger partial charge on any atom is -0.388 e. The van der Waals surface area contributed by atoms with Gasteiger partial charge >= 0.3 is 0 Å². The number of aliphatic hydroxyl groups excluding tert-OH is 1. The molecule has 24 heavy (non-hydrogen) atoms. The Labute approximate surface area is 141 Å². The SMILES string of the molecule is C[C@@]1(O)CCN(C(=O)CN2CCN(c3ncccn3)CC2)C[C@H]1O. The van der Waals surface area contributed by atoms with E-state index in [1.807, 2.05) is 0 Å². The van der Waals surface area contributed by atoms with Crippen LogP contribution in [0.1, 0.15) is 13.3 Å². The maximum Gasteiger partial charge on any atom is 0.236 e. The molecule has 2 N–H and O–H groups in total. The van der Waals surface area contributed by atoms with E-state index in [4.69, 9.17) is 0 Å². The molecule has 2 aliphatic rings. The molecular weight excluding hydrogens is 310 g/mol. The molecule has 2 aliphatic heterocycles. The standard InChI is InChI=1S/C16H25N5O3/c1-16(24)3-6-21(11-13(16)22)14(23)12-19-7-9-20(10-8-19)15-17-4-2-5-18-15/h2,4-5,13,22,24H,3,6-12H2,1H3/t13-,16-/m1/s1. The summed E-state index contributed by atoms with van der Waals surface area (Å²) in [7, 11) is 0. The van der Waals surface area contributed by atoms with Gasteiger partial charge in [-0.05, 0) is 19.4 Å². The summed E-state index contributed by atoms with van der Waals surface area (Å²) < 4.78 is 0. The Morgan fingerprint density at radius 1 is 1.25 bits per heavy atom. The van der Waals surface area contributed by atoms with Crippen molar-refractivity contribution in [1.29, 1.82) is 0 Å². The van der Waals surface area contributed by atoms with Crippen molar-refractivity contribution in [2.75, 3.05) is 50.7 Å². The quantitative estimate of drug-likeness (QED) is 0.727. The summed E-state index contributed by atoms with van der Waals surface area (Å²) in [5.41, 5.74) is -1.10. The second-order valence-corrected chi connectivity index (χ2v) is 6.77. The molecule has 3 rings (SSSR count). The molecule has 2 fully saturated rings. The molecule has 8 heteroatoms. The average molecular weight is 335 g/mol. The molecule has 132 valence electrons. The number of hydrogen-bond donors (Lipinski definition) is 2. The van der Waals surface area contributed by atoms with E-state index in [0.29, 0.717) is 19.5 Å². The fraction of sp³-hybridized carbons (Fsp3) is 0.688. The van der Waals surface area contributed by atoms with Crippen LogP contribution in [0.2, 0.25) is 0 Å². The van der Waals surface area contributed by atoms with Gasteiger partial charge in [0.1, 0.15) is 0 Å². The molecule has 2 atom stereocenters. The first-order valence-corrected chi connectivity index (χ1v) is 8.38. The maximum absolute atomic E-state index is 12.4. The van der Waals surface area contributed by atoms with Gasteiger partial charge in [-0.25, -0.2) is 9.97 Å². The molecule has 3 heterocycles. The zero-order valence-corrected chi connectivity index (χ0v) is 14.0. The number of aromatic nitrogens is 2. The van der Waals surface area contributed by atoms with Crippen molar-refractivity contribution in [3.8, 4) is 0 Å². The number of aliphatic hydroxyl groups is 2. The molecule has 8 nitrogen and oxygen atoms in total. The topological polar surface area (TPSA) is 93.0 Å². The van der Waals surface area contributed by atoms with Gasteiger partial charge < -0.3 is 20.0 Å². The van der Waals surface area contributed by atoms with Gasteiger partial charge in [-0.3, -0.25) is 9.69 Å². The molecule has 0 saturated carbocycles. The van der Waals surface area contributed by atoms with Gasteiger partial charge in [0, 0.05) is 51.7 Å². The van der Waals surface area contributed by atoms with Crippen LogP contribution in [-0.2, 0) is 4.79 Å². The Kier molecular flexibility index (Phi) is 4.98. The molecule has 2 saturated heterocycles. The summed E-state index contributed by atoms with van der Waals surface area (Å²) in [5, 5.41) is 19.9. The van der Waals surface area contributed by atoms with Gasteiger partial charge in [0.05, 0.1) is 18.2 Å². The lowest BCUT2D eigenvalue weighted by molar-refractivity contribution is -0.147. The van der Waals surface area contributed by atoms with Crippen LogP contribution in [0.4, 0.5) is 5.95 Å². The number of piperidine rings is 1. The van der Waals surface area contributed by atoms with Gasteiger partial charge in [0.25, 0.3) is 0 Å². The van der Waals surface area contributed by atoms with Crippen LogP contribution >= 0.6 is 0 Å². The number of rotatable bonds is 3. The minimum absolute atomic E-state index is 0.00830. The molecule has 1 aromatic rings. The molecular formula is C16H25N5O3. The number of amides is 1. The highest BCUT2D eigenvalue weighted by Gasteiger charge is 2.38. The van der Waals surface area contributed by atoms with E-state index >= 15 is 0 Å². The fourth-order valence-electron chi connectivity index (χ4n) is 3.10. The van der Waals surface area contributed by atoms with E-state index in [-0.39, 0.29) is 12.5 Å². The summed E-state index contributed by atoms with van der Waals surface area (Å²) in [6.07, 6.45) is 2.98. The summed E-state index contributed by atoms with van der Waals surface area (Å²) in [4.78, 5) is 26.8. The van der Waals surface area contributed by atoms with Crippen molar-refractivity contribution >= 4 is 11.9 Å². The third-order valence-corrected chi connectivity index (χ3v) is 4.92. The first kappa shape index (κ1) is 17.1. The number of β-amino-alcohol motifs (C(OH)–C–C–N with tert-alkyl or cyclic N) is 1. The molecule has 0 spiro atoms. The predicted octanol–water partition coefficient (Wildman–Crippen LogP) is -1.06. The summed E-state index contributed by atoms with van der Waals surface area (Å²) in [6.45, 7) is 5.77. The second-order valence-electron chi connectivity index (χ2n) is 6.77. The van der Waals surface area contributed by atoms with E-state index in [1.54, 1.807) is 30.3 Å². The van der Waals surface area contributed by atoms with Crippen LogP contribution in [0.3, 0.4) is 0 Å². The van der Waals surface area contributed by atoms with E-state index in [2.05, 4.69) is 19.8 Å². The van der Waals surface area contributed by atoms with E-state index < -0.39 is 11.7 Å². The van der Waals surface area contributed by atoms with Gasteiger partial charge in [0.15, 0.2) is 0 Å². The van der Waals surface area contributed by atoms with Gasteiger partial charge in [-0.1, -0.05) is 0 Å². The van der Waals surface area contributed by atoms with Gasteiger partial charge in [-0.2, -0.15) is 0 Å². The Balaban J connectivity index is 1.47. The third-order valence-electron chi connectivity index (χ3n) is 4.92. The molecule has 0 unspecified atom stereocenters. The van der Waals surface area contributed by atoms with Gasteiger partial charge in [0.2, 0.25) is 11.9 Å². The van der Waals surface area contributed by atoms with Crippen molar-refractivity contribution in [1.82, 2.24) is 19.8 Å². The van der Waals surface area contributed by atoms with Crippen molar-refractivity contribution in [3.63, 3.8) is 0 Å². The van der Waals surface area contributed by atoms with E-state index in [1.165, 1.54) is 0 Å². The molecule has 0 aliphatic carbocycles. The first-order chi connectivity index (χ1) is 11.5. The highest BCUT2D eigenvalue weighted by atomic mass is 16.3. The molecule has 1 aromatic heterocycles. The minimum atomic E-state index is -1.10. The van der Waals surface area contributed by atoms with Crippen LogP contribution in [-0.4, -0.2) is 93.4 Å². The summed E-state index contributed by atoms with van der Waals surface area (Å²) in [6, 6.07) is 1.79. The van der Waals surface area contributed by atoms with Crippen LogP contribution in [0.15, 0.2) is 18.5 Å². The molecule has 0 bridgehead atoms. The normalized spacial score (nSPS) is 28.9. The summed E-state index contributed by atoms with van der Waals surface area (Å²) in [5.74, 6) is 0.735. The van der Waals surface area contributed by atoms with Crippen LogP contribution in [0, 0.1) is 0 Å². The number of carbonyl (C=O) groups excluding carboxylic acids is 1. The largest absolute Gasteiger partial charge is 0.388 e. The number of piperazine rings is 1. The zero-order chi connectivity index (χ0) is 17.2. The second kappa shape index (κ2) is 7.00. The van der Waals surface area contributed by atoms with Crippen molar-refractivity contribution in [2.24, 2.45) is 0 Å².